The minimum Gasteiger partial charge on any atom is -0.316 e. The normalized spacial score (nSPS) is 18.4. The molecular weight excluding hydrogens is 234 g/mol. The van der Waals surface area contributed by atoms with E-state index in [1.54, 1.807) is 0 Å². The number of aryl methyl sites for hydroxylation is 2. The van der Waals surface area contributed by atoms with Crippen LogP contribution in [0.15, 0.2) is 18.2 Å². The molecule has 1 N–H and O–H groups in total. The number of benzene rings is 1. The molecule has 0 saturated carbocycles. The highest BCUT2D eigenvalue weighted by atomic mass is 16.1. The van der Waals surface area contributed by atoms with E-state index in [0.29, 0.717) is 5.78 Å². The van der Waals surface area contributed by atoms with Crippen molar-refractivity contribution in [3.63, 3.8) is 0 Å². The van der Waals surface area contributed by atoms with Crippen molar-refractivity contribution in [2.75, 3.05) is 13.1 Å². The number of unbranched alkanes of at least 4 members (excludes halogenated alkanes) is 1. The molecule has 19 heavy (non-hydrogen) atoms. The molecular formula is C17H25NO. The van der Waals surface area contributed by atoms with Gasteiger partial charge in [0.05, 0.1) is 0 Å². The first kappa shape index (κ1) is 14.3. The van der Waals surface area contributed by atoms with Gasteiger partial charge in [-0.1, -0.05) is 32.4 Å². The van der Waals surface area contributed by atoms with E-state index < -0.39 is 0 Å². The molecule has 2 heteroatoms. The second-order valence-electron chi connectivity index (χ2n) is 5.50. The summed E-state index contributed by atoms with van der Waals surface area (Å²) in [6.07, 6.45) is 5.44. The van der Waals surface area contributed by atoms with E-state index >= 15 is 0 Å². The van der Waals surface area contributed by atoms with Crippen LogP contribution in [0.2, 0.25) is 0 Å². The summed E-state index contributed by atoms with van der Waals surface area (Å²) in [5.41, 5.74) is 3.49. The fraction of sp³-hybridized carbons (Fsp3) is 0.588. The second-order valence-corrected chi connectivity index (χ2v) is 5.50. The van der Waals surface area contributed by atoms with Crippen LogP contribution in [0.5, 0.6) is 0 Å². The number of hydrogen-bond acceptors (Lipinski definition) is 2. The highest BCUT2D eigenvalue weighted by Gasteiger charge is 2.26. The molecule has 1 aliphatic rings. The summed E-state index contributed by atoms with van der Waals surface area (Å²) in [5.74, 6) is 0.525. The van der Waals surface area contributed by atoms with Gasteiger partial charge in [0, 0.05) is 18.0 Å². The first-order valence-electron chi connectivity index (χ1n) is 7.63. The quantitative estimate of drug-likeness (QED) is 0.793. The molecule has 1 aromatic carbocycles. The molecule has 0 fully saturated rings. The Hall–Kier alpha value is -1.15. The number of ketones is 1. The standard InChI is InChI=1S/C17H25NO/c1-3-5-10-18-12-15-9-8-14-7-6-13(4-2)11-16(14)17(15)19/h6-7,11,15,18H,3-5,8-10,12H2,1-2H3. The summed E-state index contributed by atoms with van der Waals surface area (Å²) in [5, 5.41) is 3.43. The number of carbonyl (C=O) groups is 1. The minimum absolute atomic E-state index is 0.177. The van der Waals surface area contributed by atoms with Crippen molar-refractivity contribution in [3.8, 4) is 0 Å². The topological polar surface area (TPSA) is 29.1 Å². The predicted molar refractivity (Wildman–Crippen MR) is 79.7 cm³/mol. The lowest BCUT2D eigenvalue weighted by Crippen LogP contribution is -2.32. The lowest BCUT2D eigenvalue weighted by molar-refractivity contribution is 0.0901. The van der Waals surface area contributed by atoms with Crippen LogP contribution in [0.3, 0.4) is 0 Å². The largest absolute Gasteiger partial charge is 0.316 e. The van der Waals surface area contributed by atoms with Gasteiger partial charge < -0.3 is 5.32 Å². The minimum atomic E-state index is 0.177. The number of Topliss-reactive ketones (excluding diaryl/α,β-unsaturated/α-hetero) is 1. The summed E-state index contributed by atoms with van der Waals surface area (Å²) >= 11 is 0. The van der Waals surface area contributed by atoms with E-state index in [1.807, 2.05) is 0 Å². The molecule has 0 radical (unpaired) electrons. The molecule has 2 rings (SSSR count). The van der Waals surface area contributed by atoms with E-state index in [4.69, 9.17) is 0 Å². The van der Waals surface area contributed by atoms with E-state index in [0.717, 1.165) is 37.9 Å². The van der Waals surface area contributed by atoms with Gasteiger partial charge in [-0.3, -0.25) is 4.79 Å². The lowest BCUT2D eigenvalue weighted by Gasteiger charge is -2.24. The average Bonchev–Trinajstić information content (AvgIpc) is 2.45. The van der Waals surface area contributed by atoms with Gasteiger partial charge in [-0.15, -0.1) is 0 Å². The zero-order valence-electron chi connectivity index (χ0n) is 12.2. The van der Waals surface area contributed by atoms with Crippen molar-refractivity contribution in [2.45, 2.75) is 46.0 Å². The number of carbonyl (C=O) groups excluding carboxylic acids is 1. The van der Waals surface area contributed by atoms with Crippen molar-refractivity contribution < 1.29 is 4.79 Å². The van der Waals surface area contributed by atoms with Crippen LogP contribution in [0.25, 0.3) is 0 Å². The molecule has 0 aromatic heterocycles. The molecule has 104 valence electrons. The Kier molecular flexibility index (Phi) is 5.15. The van der Waals surface area contributed by atoms with E-state index in [2.05, 4.69) is 37.4 Å². The number of nitrogens with one attached hydrogen (secondary N) is 1. The van der Waals surface area contributed by atoms with Crippen molar-refractivity contribution >= 4 is 5.78 Å². The number of rotatable bonds is 6. The van der Waals surface area contributed by atoms with Gasteiger partial charge in [-0.25, -0.2) is 0 Å². The first-order chi connectivity index (χ1) is 9.26. The molecule has 0 spiro atoms. The maximum absolute atomic E-state index is 12.5. The molecule has 0 heterocycles. The van der Waals surface area contributed by atoms with Gasteiger partial charge in [0.1, 0.15) is 0 Å². The fourth-order valence-corrected chi connectivity index (χ4v) is 2.74. The Morgan fingerprint density at radius 1 is 1.32 bits per heavy atom. The van der Waals surface area contributed by atoms with Gasteiger partial charge in [0.25, 0.3) is 0 Å². The van der Waals surface area contributed by atoms with Crippen molar-refractivity contribution in [2.24, 2.45) is 5.92 Å². The highest BCUT2D eigenvalue weighted by molar-refractivity contribution is 6.00. The Bertz CT molecular complexity index is 439. The fourth-order valence-electron chi connectivity index (χ4n) is 2.74. The summed E-state index contributed by atoms with van der Waals surface area (Å²) in [4.78, 5) is 12.5. The second kappa shape index (κ2) is 6.85. The van der Waals surface area contributed by atoms with Crippen molar-refractivity contribution in [3.05, 3.63) is 34.9 Å². The Morgan fingerprint density at radius 2 is 2.16 bits per heavy atom. The Labute approximate surface area is 116 Å². The zero-order chi connectivity index (χ0) is 13.7. The maximum Gasteiger partial charge on any atom is 0.167 e. The summed E-state index contributed by atoms with van der Waals surface area (Å²) < 4.78 is 0. The third-order valence-electron chi connectivity index (χ3n) is 4.08. The van der Waals surface area contributed by atoms with Crippen LogP contribution < -0.4 is 5.32 Å². The third-order valence-corrected chi connectivity index (χ3v) is 4.08. The van der Waals surface area contributed by atoms with Gasteiger partial charge in [0.15, 0.2) is 5.78 Å². The van der Waals surface area contributed by atoms with Crippen LogP contribution in [-0.2, 0) is 12.8 Å². The molecule has 0 saturated heterocycles. The van der Waals surface area contributed by atoms with Gasteiger partial charge in [0.2, 0.25) is 0 Å². The SMILES string of the molecule is CCCCNCC1CCc2ccc(CC)cc2C1=O. The number of hydrogen-bond donors (Lipinski definition) is 1. The lowest BCUT2D eigenvalue weighted by atomic mass is 9.82. The highest BCUT2D eigenvalue weighted by Crippen LogP contribution is 2.26. The van der Waals surface area contributed by atoms with Gasteiger partial charge in [-0.2, -0.15) is 0 Å². The molecule has 0 aliphatic heterocycles. The first-order valence-corrected chi connectivity index (χ1v) is 7.63. The third kappa shape index (κ3) is 3.44. The molecule has 1 aromatic rings. The maximum atomic E-state index is 12.5. The van der Waals surface area contributed by atoms with Crippen molar-refractivity contribution in [1.29, 1.82) is 0 Å². The molecule has 2 nitrogen and oxygen atoms in total. The van der Waals surface area contributed by atoms with Crippen LogP contribution in [-0.4, -0.2) is 18.9 Å². The Morgan fingerprint density at radius 3 is 2.89 bits per heavy atom. The zero-order valence-corrected chi connectivity index (χ0v) is 12.2. The summed E-state index contributed by atoms with van der Waals surface area (Å²) in [6, 6.07) is 6.41. The molecule has 1 unspecified atom stereocenters. The summed E-state index contributed by atoms with van der Waals surface area (Å²) in [6.45, 7) is 6.20. The van der Waals surface area contributed by atoms with Crippen molar-refractivity contribution in [1.82, 2.24) is 5.32 Å². The smallest absolute Gasteiger partial charge is 0.167 e. The van der Waals surface area contributed by atoms with E-state index in [9.17, 15) is 4.79 Å². The van der Waals surface area contributed by atoms with Crippen LogP contribution in [0.4, 0.5) is 0 Å². The van der Waals surface area contributed by atoms with E-state index in [-0.39, 0.29) is 5.92 Å². The molecule has 1 aliphatic carbocycles. The van der Waals surface area contributed by atoms with E-state index in [1.165, 1.54) is 24.0 Å². The monoisotopic (exact) mass is 259 g/mol. The average molecular weight is 259 g/mol. The number of fused-ring (bicyclic) bond motifs is 1. The van der Waals surface area contributed by atoms with Crippen LogP contribution in [0, 0.1) is 5.92 Å². The Balaban J connectivity index is 2.01. The van der Waals surface area contributed by atoms with Gasteiger partial charge >= 0.3 is 0 Å². The molecule has 1 atom stereocenters. The molecule has 0 bridgehead atoms. The van der Waals surface area contributed by atoms with Crippen LogP contribution in [0.1, 0.15) is 54.6 Å². The molecule has 0 amide bonds. The van der Waals surface area contributed by atoms with Gasteiger partial charge in [-0.05, 0) is 49.4 Å². The van der Waals surface area contributed by atoms with Crippen LogP contribution >= 0.6 is 0 Å². The predicted octanol–water partition coefficient (Wildman–Crippen LogP) is 3.38. The summed E-state index contributed by atoms with van der Waals surface area (Å²) in [7, 11) is 0.